The van der Waals surface area contributed by atoms with E-state index in [1.807, 2.05) is 20.8 Å². The molecule has 2 unspecified atom stereocenters. The zero-order valence-electron chi connectivity index (χ0n) is 18.6. The molecule has 0 aromatic carbocycles. The second kappa shape index (κ2) is 7.31. The highest BCUT2D eigenvalue weighted by Crippen LogP contribution is 2.60. The molecule has 1 heterocycles. The fraction of sp³-hybridized carbons (Fsp3) is 0.864. The summed E-state index contributed by atoms with van der Waals surface area (Å²) in [6.07, 6.45) is 4.34. The fourth-order valence-electron chi connectivity index (χ4n) is 6.37. The first-order valence-corrected chi connectivity index (χ1v) is 11.2. The lowest BCUT2D eigenvalue weighted by Gasteiger charge is -2.58. The van der Waals surface area contributed by atoms with Gasteiger partial charge in [0, 0.05) is 20.1 Å². The van der Waals surface area contributed by atoms with Gasteiger partial charge in [-0.25, -0.2) is 9.59 Å². The molecular weight excluding hydrogens is 386 g/mol. The summed E-state index contributed by atoms with van der Waals surface area (Å²) in [5.74, 6) is 0.814. The minimum absolute atomic E-state index is 0.0796. The monoisotopic (exact) mass is 421 g/mol. The third-order valence-corrected chi connectivity index (χ3v) is 7.60. The number of likely N-dealkylation sites (N-methyl/N-ethyl adjacent to an activating group) is 1. The van der Waals surface area contributed by atoms with E-state index >= 15 is 0 Å². The summed E-state index contributed by atoms with van der Waals surface area (Å²) in [7, 11) is 1.72. The van der Waals surface area contributed by atoms with Crippen LogP contribution >= 0.6 is 0 Å². The maximum atomic E-state index is 12.9. The van der Waals surface area contributed by atoms with Gasteiger partial charge >= 0.3 is 12.2 Å². The third kappa shape index (κ3) is 3.85. The van der Waals surface area contributed by atoms with Crippen molar-refractivity contribution in [1.29, 1.82) is 0 Å². The Hall–Kier alpha value is -1.99. The van der Waals surface area contributed by atoms with Gasteiger partial charge in [0.1, 0.15) is 11.7 Å². The van der Waals surface area contributed by atoms with Crippen LogP contribution in [0, 0.1) is 23.2 Å². The Morgan fingerprint density at radius 1 is 1.10 bits per heavy atom. The van der Waals surface area contributed by atoms with Gasteiger partial charge in [-0.05, 0) is 77.0 Å². The van der Waals surface area contributed by atoms with Crippen molar-refractivity contribution in [3.8, 4) is 0 Å². The fourth-order valence-corrected chi connectivity index (χ4v) is 6.37. The normalized spacial score (nSPS) is 37.2. The lowest BCUT2D eigenvalue weighted by Crippen LogP contribution is -2.59. The highest BCUT2D eigenvalue weighted by Gasteiger charge is 2.59. The van der Waals surface area contributed by atoms with E-state index in [2.05, 4.69) is 0 Å². The van der Waals surface area contributed by atoms with Crippen LogP contribution in [0.5, 0.6) is 0 Å². The summed E-state index contributed by atoms with van der Waals surface area (Å²) in [5, 5.41) is 0. The average molecular weight is 422 g/mol. The van der Waals surface area contributed by atoms with Crippen molar-refractivity contribution in [2.75, 3.05) is 20.1 Å². The van der Waals surface area contributed by atoms with Crippen molar-refractivity contribution >= 4 is 18.1 Å². The maximum Gasteiger partial charge on any atom is 0.410 e. The van der Waals surface area contributed by atoms with Crippen molar-refractivity contribution in [2.45, 2.75) is 77.0 Å². The number of hydrogen-bond acceptors (Lipinski definition) is 5. The maximum absolute atomic E-state index is 12.9. The highest BCUT2D eigenvalue weighted by molar-refractivity contribution is 5.81. The number of carbonyl (C=O) groups excluding carboxylic acids is 3. The molecule has 3 amide bonds. The molecule has 5 aliphatic rings. The van der Waals surface area contributed by atoms with E-state index in [-0.39, 0.29) is 47.5 Å². The highest BCUT2D eigenvalue weighted by atomic mass is 16.6. The molecule has 3 atom stereocenters. The Morgan fingerprint density at radius 2 is 1.73 bits per heavy atom. The molecule has 4 saturated carbocycles. The smallest absolute Gasteiger partial charge is 0.410 e. The molecule has 0 aromatic heterocycles. The van der Waals surface area contributed by atoms with E-state index in [1.165, 1.54) is 0 Å². The first kappa shape index (κ1) is 21.2. The number of hydrogen-bond donors (Lipinski definition) is 1. The van der Waals surface area contributed by atoms with E-state index in [9.17, 15) is 14.4 Å². The number of carbonyl (C=O) groups is 3. The topological polar surface area (TPSA) is 102 Å². The first-order valence-electron chi connectivity index (χ1n) is 11.2. The largest absolute Gasteiger partial charge is 0.446 e. The van der Waals surface area contributed by atoms with Crippen LogP contribution in [0.15, 0.2) is 0 Å². The Kier molecular flexibility index (Phi) is 5.18. The zero-order chi connectivity index (χ0) is 21.8. The number of nitrogens with zero attached hydrogens (tertiary/aromatic N) is 2. The minimum atomic E-state index is -0.551. The van der Waals surface area contributed by atoms with Crippen molar-refractivity contribution in [3.05, 3.63) is 0 Å². The number of amides is 3. The SMILES string of the molecule is CN(C(=O)OC(C)(C)C)[C@@H]1CCN(C(=O)OC2C3CC4CC2CC(C(N)=O)(C4)C3)C1. The molecule has 0 aromatic rings. The van der Waals surface area contributed by atoms with Crippen LogP contribution in [0.3, 0.4) is 0 Å². The molecule has 4 bridgehead atoms. The first-order chi connectivity index (χ1) is 14.0. The van der Waals surface area contributed by atoms with Crippen LogP contribution in [0.1, 0.15) is 59.3 Å². The average Bonchev–Trinajstić information content (AvgIpc) is 3.12. The van der Waals surface area contributed by atoms with Crippen LogP contribution in [-0.4, -0.2) is 65.8 Å². The molecule has 1 saturated heterocycles. The van der Waals surface area contributed by atoms with Gasteiger partial charge in [-0.15, -0.1) is 0 Å². The van der Waals surface area contributed by atoms with Crippen molar-refractivity contribution in [3.63, 3.8) is 0 Å². The number of rotatable bonds is 3. The Balaban J connectivity index is 1.33. The van der Waals surface area contributed by atoms with Crippen LogP contribution < -0.4 is 5.73 Å². The third-order valence-electron chi connectivity index (χ3n) is 7.60. The minimum Gasteiger partial charge on any atom is -0.446 e. The molecule has 2 N–H and O–H groups in total. The summed E-state index contributed by atoms with van der Waals surface area (Å²) in [6.45, 7) is 6.52. The second-order valence-corrected chi connectivity index (χ2v) is 10.9. The van der Waals surface area contributed by atoms with E-state index in [4.69, 9.17) is 15.2 Å². The predicted octanol–water partition coefficient (Wildman–Crippen LogP) is 2.74. The van der Waals surface area contributed by atoms with Gasteiger partial charge in [-0.3, -0.25) is 4.79 Å². The standard InChI is InChI=1S/C22H35N3O5/c1-21(2,3)30-19(27)24(4)16-5-6-25(12-16)20(28)29-17-14-7-13-8-15(17)11-22(9-13,10-14)18(23)26/h13-17H,5-12H2,1-4H3,(H2,23,26)/t13?,14?,15?,16-,17?,22?/m1/s1. The lowest BCUT2D eigenvalue weighted by atomic mass is 9.48. The molecule has 1 aliphatic heterocycles. The lowest BCUT2D eigenvalue weighted by molar-refractivity contribution is -0.161. The van der Waals surface area contributed by atoms with Gasteiger partial charge in [-0.2, -0.15) is 0 Å². The van der Waals surface area contributed by atoms with Crippen molar-refractivity contribution < 1.29 is 23.9 Å². The Morgan fingerprint density at radius 3 is 2.30 bits per heavy atom. The van der Waals surface area contributed by atoms with E-state index in [1.54, 1.807) is 16.8 Å². The summed E-state index contributed by atoms with van der Waals surface area (Å²) < 4.78 is 11.4. The van der Waals surface area contributed by atoms with Crippen LogP contribution in [0.4, 0.5) is 9.59 Å². The van der Waals surface area contributed by atoms with Gasteiger partial charge in [-0.1, -0.05) is 0 Å². The quantitative estimate of drug-likeness (QED) is 0.755. The van der Waals surface area contributed by atoms with Gasteiger partial charge < -0.3 is 25.0 Å². The van der Waals surface area contributed by atoms with Crippen LogP contribution in [0.25, 0.3) is 0 Å². The summed E-state index contributed by atoms with van der Waals surface area (Å²) in [4.78, 5) is 40.6. The number of ether oxygens (including phenoxy) is 2. The number of likely N-dealkylation sites (tertiary alicyclic amines) is 1. The van der Waals surface area contributed by atoms with Gasteiger partial charge in [0.25, 0.3) is 0 Å². The summed E-state index contributed by atoms with van der Waals surface area (Å²) >= 11 is 0. The molecule has 4 aliphatic carbocycles. The van der Waals surface area contributed by atoms with Crippen molar-refractivity contribution in [1.82, 2.24) is 9.80 Å². The number of nitrogens with two attached hydrogens (primary N) is 1. The Labute approximate surface area is 178 Å². The van der Waals surface area contributed by atoms with E-state index in [0.717, 1.165) is 32.1 Å². The molecule has 0 spiro atoms. The van der Waals surface area contributed by atoms with Gasteiger partial charge in [0.15, 0.2) is 0 Å². The molecule has 5 fully saturated rings. The molecule has 30 heavy (non-hydrogen) atoms. The summed E-state index contributed by atoms with van der Waals surface area (Å²) in [6, 6.07) is -0.0796. The molecule has 168 valence electrons. The van der Waals surface area contributed by atoms with Crippen LogP contribution in [0.2, 0.25) is 0 Å². The van der Waals surface area contributed by atoms with E-state index in [0.29, 0.717) is 25.4 Å². The molecule has 8 heteroatoms. The summed E-state index contributed by atoms with van der Waals surface area (Å²) in [5.41, 5.74) is 4.81. The molecule has 5 rings (SSSR count). The van der Waals surface area contributed by atoms with E-state index < -0.39 is 5.60 Å². The zero-order valence-corrected chi connectivity index (χ0v) is 18.6. The number of primary amides is 1. The molecule has 0 radical (unpaired) electrons. The second-order valence-electron chi connectivity index (χ2n) is 10.9. The van der Waals surface area contributed by atoms with Crippen LogP contribution in [-0.2, 0) is 14.3 Å². The molecular formula is C22H35N3O5. The molecule has 8 nitrogen and oxygen atoms in total. The van der Waals surface area contributed by atoms with Gasteiger partial charge in [0.05, 0.1) is 11.5 Å². The predicted molar refractivity (Wildman–Crippen MR) is 109 cm³/mol. The van der Waals surface area contributed by atoms with Gasteiger partial charge in [0.2, 0.25) is 5.91 Å². The Bertz CT molecular complexity index is 717. The van der Waals surface area contributed by atoms with Crippen molar-refractivity contribution in [2.24, 2.45) is 28.9 Å².